The number of anilines is 2. The average Bonchev–Trinajstić information content (AvgIpc) is 3.05. The van der Waals surface area contributed by atoms with Crippen molar-refractivity contribution in [2.45, 2.75) is 45.1 Å². The van der Waals surface area contributed by atoms with Gasteiger partial charge in [0.1, 0.15) is 18.0 Å². The minimum atomic E-state index is -5.08. The Kier molecular flexibility index (Phi) is 12.1. The highest BCUT2D eigenvalue weighted by atomic mass is 19.4. The van der Waals surface area contributed by atoms with Crippen molar-refractivity contribution in [3.8, 4) is 0 Å². The molecule has 0 spiro atoms. The summed E-state index contributed by atoms with van der Waals surface area (Å²) in [5, 5.41) is 17.6. The van der Waals surface area contributed by atoms with Crippen LogP contribution in [-0.2, 0) is 22.4 Å². The zero-order valence-corrected chi connectivity index (χ0v) is 21.8. The van der Waals surface area contributed by atoms with Crippen LogP contribution in [-0.4, -0.2) is 93.5 Å². The Labute approximate surface area is 224 Å². The van der Waals surface area contributed by atoms with Gasteiger partial charge in [0.25, 0.3) is 5.91 Å². The van der Waals surface area contributed by atoms with Crippen LogP contribution in [0.1, 0.15) is 35.5 Å². The third-order valence-electron chi connectivity index (χ3n) is 4.90. The van der Waals surface area contributed by atoms with Crippen LogP contribution < -0.4 is 10.2 Å². The molecule has 1 amide bonds. The van der Waals surface area contributed by atoms with E-state index < -0.39 is 24.3 Å². The second-order valence-electron chi connectivity index (χ2n) is 8.65. The van der Waals surface area contributed by atoms with Crippen LogP contribution in [0.4, 0.5) is 38.0 Å². The van der Waals surface area contributed by atoms with Gasteiger partial charge in [0.05, 0.1) is 5.56 Å². The van der Waals surface area contributed by atoms with Gasteiger partial charge < -0.3 is 25.3 Å². The van der Waals surface area contributed by atoms with Crippen molar-refractivity contribution in [3.05, 3.63) is 41.5 Å². The Bertz CT molecular complexity index is 1140. The lowest BCUT2D eigenvalue weighted by Gasteiger charge is -2.20. The van der Waals surface area contributed by atoms with E-state index in [4.69, 9.17) is 24.8 Å². The van der Waals surface area contributed by atoms with Crippen LogP contribution in [0.15, 0.2) is 24.7 Å². The standard InChI is InChI=1S/C19H26N6O.2C2HF3O2/c1-13(2)22-18-15(19(26)24(3)4)11-14-6-9-25(10-7-16(14)23-18)17-5-8-20-12-21-17;2*3-2(4,5)1(6)7/h5,8,11-13H,6-7,9-10H2,1-4H3,(H,22,23);2*(H,6,7). The number of carboxylic acids is 2. The fraction of sp³-hybridized carbons (Fsp3) is 0.478. The topological polar surface area (TPSA) is 149 Å². The molecule has 0 radical (unpaired) electrons. The molecule has 2 aromatic rings. The normalized spacial score (nSPS) is 13.0. The molecule has 0 atom stereocenters. The monoisotopic (exact) mass is 582 g/mol. The van der Waals surface area contributed by atoms with E-state index in [-0.39, 0.29) is 11.9 Å². The molecular weight excluding hydrogens is 554 g/mol. The molecule has 1 aliphatic heterocycles. The number of aromatic nitrogens is 3. The molecule has 0 unspecified atom stereocenters. The van der Waals surface area contributed by atoms with Crippen molar-refractivity contribution >= 4 is 29.5 Å². The van der Waals surface area contributed by atoms with E-state index in [1.807, 2.05) is 26.0 Å². The van der Waals surface area contributed by atoms with Gasteiger partial charge in [-0.3, -0.25) is 4.79 Å². The van der Waals surface area contributed by atoms with Crippen molar-refractivity contribution in [1.29, 1.82) is 0 Å². The smallest absolute Gasteiger partial charge is 0.475 e. The molecule has 40 heavy (non-hydrogen) atoms. The molecule has 1 aliphatic rings. The predicted molar refractivity (Wildman–Crippen MR) is 130 cm³/mol. The van der Waals surface area contributed by atoms with Crippen molar-refractivity contribution in [2.75, 3.05) is 37.4 Å². The number of nitrogens with zero attached hydrogens (tertiary/aromatic N) is 5. The van der Waals surface area contributed by atoms with E-state index in [2.05, 4.69) is 20.2 Å². The number of hydrogen-bond donors (Lipinski definition) is 3. The molecule has 3 rings (SSSR count). The third kappa shape index (κ3) is 10.9. The van der Waals surface area contributed by atoms with Crippen molar-refractivity contribution < 1.29 is 50.9 Å². The van der Waals surface area contributed by atoms with Gasteiger partial charge in [-0.05, 0) is 38.0 Å². The van der Waals surface area contributed by atoms with E-state index in [0.717, 1.165) is 43.0 Å². The Morgan fingerprint density at radius 3 is 1.95 bits per heavy atom. The summed E-state index contributed by atoms with van der Waals surface area (Å²) < 4.78 is 63.5. The Hall–Kier alpha value is -4.18. The lowest BCUT2D eigenvalue weighted by molar-refractivity contribution is -0.193. The number of pyridine rings is 1. The summed E-state index contributed by atoms with van der Waals surface area (Å²) in [6.07, 6.45) is -5.17. The molecule has 2 aromatic heterocycles. The van der Waals surface area contributed by atoms with Gasteiger partial charge in [-0.2, -0.15) is 26.3 Å². The Morgan fingerprint density at radius 2 is 1.52 bits per heavy atom. The lowest BCUT2D eigenvalue weighted by atomic mass is 10.0. The van der Waals surface area contributed by atoms with Crippen LogP contribution in [0.2, 0.25) is 0 Å². The van der Waals surface area contributed by atoms with Gasteiger partial charge in [0.15, 0.2) is 0 Å². The first-order valence-electron chi connectivity index (χ1n) is 11.5. The van der Waals surface area contributed by atoms with Crippen LogP contribution in [0, 0.1) is 0 Å². The second-order valence-corrected chi connectivity index (χ2v) is 8.65. The maximum atomic E-state index is 12.6. The number of halogens is 6. The van der Waals surface area contributed by atoms with Gasteiger partial charge in [-0.1, -0.05) is 0 Å². The Balaban J connectivity index is 0.000000473. The van der Waals surface area contributed by atoms with Gasteiger partial charge in [-0.25, -0.2) is 24.5 Å². The zero-order chi connectivity index (χ0) is 30.8. The fourth-order valence-corrected chi connectivity index (χ4v) is 3.12. The number of carbonyl (C=O) groups excluding carboxylic acids is 1. The van der Waals surface area contributed by atoms with Crippen molar-refractivity contribution in [2.24, 2.45) is 0 Å². The van der Waals surface area contributed by atoms with E-state index in [9.17, 15) is 31.1 Å². The number of carboxylic acid groups (broad SMARTS) is 2. The summed E-state index contributed by atoms with van der Waals surface area (Å²) in [5.74, 6) is -3.94. The summed E-state index contributed by atoms with van der Waals surface area (Å²) >= 11 is 0. The van der Waals surface area contributed by atoms with E-state index in [1.165, 1.54) is 0 Å². The summed E-state index contributed by atoms with van der Waals surface area (Å²) in [6.45, 7) is 5.79. The highest BCUT2D eigenvalue weighted by Crippen LogP contribution is 2.24. The van der Waals surface area contributed by atoms with E-state index >= 15 is 0 Å². The summed E-state index contributed by atoms with van der Waals surface area (Å²) in [4.78, 5) is 47.4. The molecule has 17 heteroatoms. The number of fused-ring (bicyclic) bond motifs is 1. The average molecular weight is 583 g/mol. The Morgan fingerprint density at radius 1 is 1.00 bits per heavy atom. The predicted octanol–water partition coefficient (Wildman–Crippen LogP) is 3.27. The molecule has 0 saturated heterocycles. The number of alkyl halides is 6. The number of hydrogen-bond acceptors (Lipinski definition) is 8. The summed E-state index contributed by atoms with van der Waals surface area (Å²) in [5.41, 5.74) is 2.83. The van der Waals surface area contributed by atoms with Crippen molar-refractivity contribution in [3.63, 3.8) is 0 Å². The molecule has 0 fully saturated rings. The first kappa shape index (κ1) is 33.8. The molecule has 3 heterocycles. The van der Waals surface area contributed by atoms with Crippen LogP contribution in [0.25, 0.3) is 0 Å². The fourth-order valence-electron chi connectivity index (χ4n) is 3.12. The van der Waals surface area contributed by atoms with E-state index in [1.54, 1.807) is 31.5 Å². The second kappa shape index (κ2) is 14.3. The van der Waals surface area contributed by atoms with Gasteiger partial charge in [-0.15, -0.1) is 0 Å². The molecule has 0 bridgehead atoms. The molecule has 0 aromatic carbocycles. The van der Waals surface area contributed by atoms with Crippen molar-refractivity contribution in [1.82, 2.24) is 19.9 Å². The van der Waals surface area contributed by atoms with Gasteiger partial charge in [0.2, 0.25) is 0 Å². The number of nitrogens with one attached hydrogen (secondary N) is 1. The first-order chi connectivity index (χ1) is 18.3. The SMILES string of the molecule is CC(C)Nc1nc2c(cc1C(=O)N(C)C)CCN(c1ccncn1)CC2.O=C(O)C(F)(F)F.O=C(O)C(F)(F)F. The minimum absolute atomic E-state index is 0.0275. The van der Waals surface area contributed by atoms with Crippen LogP contribution >= 0.6 is 0 Å². The van der Waals surface area contributed by atoms with E-state index in [0.29, 0.717) is 11.4 Å². The molecule has 0 aliphatic carbocycles. The zero-order valence-electron chi connectivity index (χ0n) is 21.8. The van der Waals surface area contributed by atoms with Gasteiger partial charge in [0, 0.05) is 51.5 Å². The molecule has 3 N–H and O–H groups in total. The number of amides is 1. The maximum Gasteiger partial charge on any atom is 0.490 e. The number of carbonyl (C=O) groups is 3. The molecule has 11 nitrogen and oxygen atoms in total. The maximum absolute atomic E-state index is 12.6. The highest BCUT2D eigenvalue weighted by Gasteiger charge is 2.38. The lowest BCUT2D eigenvalue weighted by Crippen LogP contribution is -2.26. The summed E-state index contributed by atoms with van der Waals surface area (Å²) in [6, 6.07) is 4.15. The van der Waals surface area contributed by atoms with Crippen LogP contribution in [0.5, 0.6) is 0 Å². The number of rotatable bonds is 4. The molecule has 0 saturated carbocycles. The van der Waals surface area contributed by atoms with Crippen LogP contribution in [0.3, 0.4) is 0 Å². The molecular formula is C23H28F6N6O5. The summed E-state index contributed by atoms with van der Waals surface area (Å²) in [7, 11) is 3.54. The third-order valence-corrected chi connectivity index (χ3v) is 4.90. The first-order valence-corrected chi connectivity index (χ1v) is 11.5. The largest absolute Gasteiger partial charge is 0.490 e. The quantitative estimate of drug-likeness (QED) is 0.459. The van der Waals surface area contributed by atoms with Gasteiger partial charge >= 0.3 is 24.3 Å². The minimum Gasteiger partial charge on any atom is -0.475 e. The highest BCUT2D eigenvalue weighted by molar-refractivity contribution is 5.98. The molecule has 222 valence electrons. The number of aliphatic carboxylic acids is 2.